The zero-order chi connectivity index (χ0) is 11.4. The standard InChI is InChI=1S/C12H10FNO2/c13-11(5-7-15)9-1-3-10(4-2-9)12-14-6-8-16-12/h1-6,8,15H,7H2/b11-5+. The van der Waals surface area contributed by atoms with Gasteiger partial charge in [-0.25, -0.2) is 9.37 Å². The quantitative estimate of drug-likeness (QED) is 0.863. The smallest absolute Gasteiger partial charge is 0.225 e. The van der Waals surface area contributed by atoms with E-state index in [0.717, 1.165) is 11.6 Å². The Morgan fingerprint density at radius 3 is 2.69 bits per heavy atom. The molecular formula is C12H10FNO2. The molecule has 4 heteroatoms. The van der Waals surface area contributed by atoms with Crippen LogP contribution < -0.4 is 0 Å². The van der Waals surface area contributed by atoms with E-state index in [-0.39, 0.29) is 6.61 Å². The fourth-order valence-electron chi connectivity index (χ4n) is 1.34. The first kappa shape index (κ1) is 10.6. The fraction of sp³-hybridized carbons (Fsp3) is 0.0833. The first-order chi connectivity index (χ1) is 7.81. The van der Waals surface area contributed by atoms with E-state index >= 15 is 0 Å². The van der Waals surface area contributed by atoms with Gasteiger partial charge in [-0.05, 0) is 18.2 Å². The number of hydrogen-bond acceptors (Lipinski definition) is 3. The monoisotopic (exact) mass is 219 g/mol. The highest BCUT2D eigenvalue weighted by Crippen LogP contribution is 2.21. The predicted molar refractivity (Wildman–Crippen MR) is 58.1 cm³/mol. The van der Waals surface area contributed by atoms with Crippen LogP contribution in [0.1, 0.15) is 5.56 Å². The summed E-state index contributed by atoms with van der Waals surface area (Å²) in [5.41, 5.74) is 1.20. The van der Waals surface area contributed by atoms with E-state index in [1.165, 1.54) is 6.26 Å². The molecule has 82 valence electrons. The van der Waals surface area contributed by atoms with E-state index in [4.69, 9.17) is 9.52 Å². The Hall–Kier alpha value is -1.94. The molecule has 3 nitrogen and oxygen atoms in total. The van der Waals surface area contributed by atoms with Crippen LogP contribution in [0, 0.1) is 0 Å². The summed E-state index contributed by atoms with van der Waals surface area (Å²) in [6.07, 6.45) is 4.14. The van der Waals surface area contributed by atoms with Crippen molar-refractivity contribution < 1.29 is 13.9 Å². The summed E-state index contributed by atoms with van der Waals surface area (Å²) in [7, 11) is 0. The predicted octanol–water partition coefficient (Wildman–Crippen LogP) is 2.64. The molecule has 1 N–H and O–H groups in total. The molecule has 0 spiro atoms. The van der Waals surface area contributed by atoms with Gasteiger partial charge in [0.25, 0.3) is 0 Å². The van der Waals surface area contributed by atoms with Crippen LogP contribution in [0.4, 0.5) is 4.39 Å². The van der Waals surface area contributed by atoms with Crippen molar-refractivity contribution in [3.8, 4) is 11.5 Å². The second kappa shape index (κ2) is 4.72. The van der Waals surface area contributed by atoms with Gasteiger partial charge >= 0.3 is 0 Å². The summed E-state index contributed by atoms with van der Waals surface area (Å²) >= 11 is 0. The molecule has 0 amide bonds. The highest BCUT2D eigenvalue weighted by molar-refractivity contribution is 5.63. The molecule has 0 aliphatic carbocycles. The van der Waals surface area contributed by atoms with Crippen molar-refractivity contribution in [2.24, 2.45) is 0 Å². The Morgan fingerprint density at radius 2 is 2.12 bits per heavy atom. The van der Waals surface area contributed by atoms with Crippen LogP contribution in [0.2, 0.25) is 0 Å². The van der Waals surface area contributed by atoms with Gasteiger partial charge in [-0.3, -0.25) is 0 Å². The van der Waals surface area contributed by atoms with Gasteiger partial charge in [0.2, 0.25) is 5.89 Å². The van der Waals surface area contributed by atoms with Crippen LogP contribution in [0.25, 0.3) is 17.3 Å². The Bertz CT molecular complexity index is 474. The molecule has 1 heterocycles. The lowest BCUT2D eigenvalue weighted by atomic mass is 10.1. The van der Waals surface area contributed by atoms with Crippen LogP contribution in [0.5, 0.6) is 0 Å². The highest BCUT2D eigenvalue weighted by Gasteiger charge is 2.03. The zero-order valence-corrected chi connectivity index (χ0v) is 8.43. The molecule has 16 heavy (non-hydrogen) atoms. The number of halogens is 1. The second-order valence-electron chi connectivity index (χ2n) is 3.15. The summed E-state index contributed by atoms with van der Waals surface area (Å²) in [6, 6.07) is 6.65. The van der Waals surface area contributed by atoms with Crippen molar-refractivity contribution in [3.63, 3.8) is 0 Å². The molecule has 2 aromatic rings. The molecule has 2 rings (SSSR count). The number of nitrogens with zero attached hydrogens (tertiary/aromatic N) is 1. The maximum Gasteiger partial charge on any atom is 0.225 e. The van der Waals surface area contributed by atoms with Gasteiger partial charge in [0.15, 0.2) is 0 Å². The van der Waals surface area contributed by atoms with E-state index in [0.29, 0.717) is 11.5 Å². The Morgan fingerprint density at radius 1 is 1.38 bits per heavy atom. The Labute approximate surface area is 91.9 Å². The average Bonchev–Trinajstić information content (AvgIpc) is 2.83. The maximum absolute atomic E-state index is 13.3. The number of aromatic nitrogens is 1. The summed E-state index contributed by atoms with van der Waals surface area (Å²) in [5.74, 6) is 0.0551. The third-order valence-electron chi connectivity index (χ3n) is 2.11. The van der Waals surface area contributed by atoms with Gasteiger partial charge in [0, 0.05) is 11.1 Å². The lowest BCUT2D eigenvalue weighted by molar-refractivity contribution is 0.342. The van der Waals surface area contributed by atoms with Crippen molar-refractivity contribution >= 4 is 5.83 Å². The van der Waals surface area contributed by atoms with Gasteiger partial charge in [-0.2, -0.15) is 0 Å². The van der Waals surface area contributed by atoms with Crippen LogP contribution in [0.3, 0.4) is 0 Å². The Kier molecular flexibility index (Phi) is 3.12. The third-order valence-corrected chi connectivity index (χ3v) is 2.11. The minimum atomic E-state index is -0.443. The Balaban J connectivity index is 2.26. The first-order valence-corrected chi connectivity index (χ1v) is 4.78. The molecule has 0 saturated heterocycles. The van der Waals surface area contributed by atoms with Crippen molar-refractivity contribution in [1.29, 1.82) is 0 Å². The van der Waals surface area contributed by atoms with Gasteiger partial charge in [0.1, 0.15) is 12.1 Å². The molecule has 0 saturated carbocycles. The van der Waals surface area contributed by atoms with Crippen molar-refractivity contribution in [2.75, 3.05) is 6.61 Å². The number of rotatable bonds is 3. The lowest BCUT2D eigenvalue weighted by Gasteiger charge is -1.99. The van der Waals surface area contributed by atoms with E-state index in [9.17, 15) is 4.39 Å². The van der Waals surface area contributed by atoms with E-state index in [2.05, 4.69) is 4.98 Å². The average molecular weight is 219 g/mol. The molecular weight excluding hydrogens is 209 g/mol. The minimum absolute atomic E-state index is 0.312. The number of oxazole rings is 1. The molecule has 0 aliphatic rings. The fourth-order valence-corrected chi connectivity index (χ4v) is 1.34. The lowest BCUT2D eigenvalue weighted by Crippen LogP contribution is -1.82. The summed E-state index contributed by atoms with van der Waals surface area (Å²) in [4.78, 5) is 3.98. The van der Waals surface area contributed by atoms with Crippen LogP contribution in [-0.2, 0) is 0 Å². The van der Waals surface area contributed by atoms with Crippen LogP contribution >= 0.6 is 0 Å². The van der Waals surface area contributed by atoms with Gasteiger partial charge in [-0.15, -0.1) is 0 Å². The van der Waals surface area contributed by atoms with E-state index in [1.54, 1.807) is 30.5 Å². The normalized spacial score (nSPS) is 11.8. The van der Waals surface area contributed by atoms with E-state index < -0.39 is 5.83 Å². The maximum atomic E-state index is 13.3. The summed E-state index contributed by atoms with van der Waals surface area (Å²) in [5, 5.41) is 8.56. The largest absolute Gasteiger partial charge is 0.445 e. The number of benzene rings is 1. The number of aliphatic hydroxyl groups is 1. The number of hydrogen-bond donors (Lipinski definition) is 1. The van der Waals surface area contributed by atoms with Crippen molar-refractivity contribution in [3.05, 3.63) is 48.4 Å². The SMILES string of the molecule is OC/C=C(/F)c1ccc(-c2ncco2)cc1. The summed E-state index contributed by atoms with van der Waals surface area (Å²) in [6.45, 7) is -0.312. The molecule has 0 bridgehead atoms. The van der Waals surface area contributed by atoms with E-state index in [1.807, 2.05) is 0 Å². The molecule has 1 aromatic carbocycles. The third kappa shape index (κ3) is 2.17. The zero-order valence-electron chi connectivity index (χ0n) is 8.43. The molecule has 0 unspecified atom stereocenters. The molecule has 1 aromatic heterocycles. The van der Waals surface area contributed by atoms with Crippen molar-refractivity contribution in [2.45, 2.75) is 0 Å². The van der Waals surface area contributed by atoms with Gasteiger partial charge in [0.05, 0.1) is 12.8 Å². The molecule has 0 aliphatic heterocycles. The first-order valence-electron chi connectivity index (χ1n) is 4.78. The molecule has 0 radical (unpaired) electrons. The van der Waals surface area contributed by atoms with Gasteiger partial charge in [-0.1, -0.05) is 12.1 Å². The topological polar surface area (TPSA) is 46.3 Å². The second-order valence-corrected chi connectivity index (χ2v) is 3.15. The van der Waals surface area contributed by atoms with Crippen LogP contribution in [-0.4, -0.2) is 16.7 Å². The minimum Gasteiger partial charge on any atom is -0.445 e. The van der Waals surface area contributed by atoms with Crippen LogP contribution in [0.15, 0.2) is 47.2 Å². The van der Waals surface area contributed by atoms with Gasteiger partial charge < -0.3 is 9.52 Å². The molecule has 0 atom stereocenters. The molecule has 0 fully saturated rings. The number of aliphatic hydroxyl groups excluding tert-OH is 1. The van der Waals surface area contributed by atoms with Crippen molar-refractivity contribution in [1.82, 2.24) is 4.98 Å². The summed E-state index contributed by atoms with van der Waals surface area (Å²) < 4.78 is 18.4. The highest BCUT2D eigenvalue weighted by atomic mass is 19.1.